The van der Waals surface area contributed by atoms with Crippen molar-refractivity contribution >= 4 is 17.3 Å². The third kappa shape index (κ3) is 3.43. The fourth-order valence-electron chi connectivity index (χ4n) is 1.75. The Bertz CT molecular complexity index is 551. The Balaban J connectivity index is 1.98. The maximum atomic E-state index is 11.6. The van der Waals surface area contributed by atoms with Gasteiger partial charge in [-0.1, -0.05) is 19.0 Å². The highest BCUT2D eigenvalue weighted by molar-refractivity contribution is 7.08. The zero-order valence-corrected chi connectivity index (χ0v) is 12.4. The van der Waals surface area contributed by atoms with Crippen LogP contribution < -0.4 is 5.32 Å². The van der Waals surface area contributed by atoms with Crippen LogP contribution >= 0.6 is 11.3 Å². The first kappa shape index (κ1) is 14.7. The van der Waals surface area contributed by atoms with Crippen LogP contribution in [0.25, 0.3) is 11.5 Å². The number of nitrogens with one attached hydrogen (secondary N) is 1. The normalized spacial score (nSPS) is 12.6. The summed E-state index contributed by atoms with van der Waals surface area (Å²) >= 11 is 1.57. The third-order valence-corrected chi connectivity index (χ3v) is 3.52. The van der Waals surface area contributed by atoms with Crippen LogP contribution in [0.3, 0.4) is 0 Å². The number of nitrogens with zero attached hydrogens (tertiary/aromatic N) is 2. The van der Waals surface area contributed by atoms with Crippen LogP contribution in [0.4, 0.5) is 0 Å². The Hall–Kier alpha value is -1.73. The molecule has 1 atom stereocenters. The number of esters is 1. The molecule has 0 aromatic carbocycles. The molecule has 1 N–H and O–H groups in total. The predicted octanol–water partition coefficient (Wildman–Crippen LogP) is 2.09. The maximum absolute atomic E-state index is 11.6. The molecule has 0 fully saturated rings. The monoisotopic (exact) mass is 295 g/mol. The Morgan fingerprint density at radius 1 is 1.55 bits per heavy atom. The predicted molar refractivity (Wildman–Crippen MR) is 75.1 cm³/mol. The summed E-state index contributed by atoms with van der Waals surface area (Å²) in [6, 6.07) is 1.53. The van der Waals surface area contributed by atoms with E-state index in [4.69, 9.17) is 9.26 Å². The lowest BCUT2D eigenvalue weighted by molar-refractivity contribution is -0.144. The summed E-state index contributed by atoms with van der Waals surface area (Å²) in [5, 5.41) is 10.9. The SMILES string of the molecule is COC(=O)C(NCc1noc(-c2ccsc2)n1)C(C)C. The molecule has 0 saturated heterocycles. The number of carbonyl (C=O) groups is 1. The van der Waals surface area contributed by atoms with Crippen molar-refractivity contribution in [3.8, 4) is 11.5 Å². The van der Waals surface area contributed by atoms with Gasteiger partial charge in [-0.15, -0.1) is 0 Å². The van der Waals surface area contributed by atoms with Gasteiger partial charge in [0.15, 0.2) is 5.82 Å². The summed E-state index contributed by atoms with van der Waals surface area (Å²) in [4.78, 5) is 15.9. The topological polar surface area (TPSA) is 77.2 Å². The number of rotatable bonds is 6. The third-order valence-electron chi connectivity index (χ3n) is 2.84. The molecule has 2 rings (SSSR count). The number of carbonyl (C=O) groups excluding carboxylic acids is 1. The van der Waals surface area contributed by atoms with Gasteiger partial charge < -0.3 is 9.26 Å². The maximum Gasteiger partial charge on any atom is 0.323 e. The van der Waals surface area contributed by atoms with Crippen molar-refractivity contribution in [1.82, 2.24) is 15.5 Å². The van der Waals surface area contributed by atoms with Crippen LogP contribution in [0.1, 0.15) is 19.7 Å². The van der Waals surface area contributed by atoms with Gasteiger partial charge in [-0.2, -0.15) is 16.3 Å². The zero-order valence-electron chi connectivity index (χ0n) is 11.6. The summed E-state index contributed by atoms with van der Waals surface area (Å²) in [6.07, 6.45) is 0. The van der Waals surface area contributed by atoms with Gasteiger partial charge >= 0.3 is 5.97 Å². The number of methoxy groups -OCH3 is 1. The second kappa shape index (κ2) is 6.62. The van der Waals surface area contributed by atoms with Crippen molar-refractivity contribution in [2.45, 2.75) is 26.4 Å². The van der Waals surface area contributed by atoms with Gasteiger partial charge in [-0.3, -0.25) is 10.1 Å². The van der Waals surface area contributed by atoms with E-state index in [-0.39, 0.29) is 17.9 Å². The van der Waals surface area contributed by atoms with Crippen molar-refractivity contribution < 1.29 is 14.1 Å². The van der Waals surface area contributed by atoms with E-state index in [0.29, 0.717) is 18.3 Å². The van der Waals surface area contributed by atoms with Crippen LogP contribution in [0.2, 0.25) is 0 Å². The molecule has 2 aromatic heterocycles. The molecule has 0 aliphatic heterocycles. The van der Waals surface area contributed by atoms with E-state index in [9.17, 15) is 4.79 Å². The lowest BCUT2D eigenvalue weighted by atomic mass is 10.0. The first-order chi connectivity index (χ1) is 9.61. The Labute approximate surface area is 121 Å². The van der Waals surface area contributed by atoms with E-state index < -0.39 is 0 Å². The summed E-state index contributed by atoms with van der Waals surface area (Å²) in [6.45, 7) is 4.24. The van der Waals surface area contributed by atoms with Crippen LogP contribution in [0.15, 0.2) is 21.3 Å². The molecule has 108 valence electrons. The minimum Gasteiger partial charge on any atom is -0.468 e. The van der Waals surface area contributed by atoms with Gasteiger partial charge in [-0.25, -0.2) is 0 Å². The van der Waals surface area contributed by atoms with Crippen molar-refractivity contribution in [2.24, 2.45) is 5.92 Å². The summed E-state index contributed by atoms with van der Waals surface area (Å²) in [5.41, 5.74) is 0.905. The Kier molecular flexibility index (Phi) is 4.86. The van der Waals surface area contributed by atoms with Crippen LogP contribution in [0.5, 0.6) is 0 Å². The van der Waals surface area contributed by atoms with Crippen LogP contribution in [-0.2, 0) is 16.1 Å². The fraction of sp³-hybridized carbons (Fsp3) is 0.462. The number of hydrogen-bond acceptors (Lipinski definition) is 7. The molecule has 0 aliphatic carbocycles. The fourth-order valence-corrected chi connectivity index (χ4v) is 2.38. The Morgan fingerprint density at radius 3 is 2.95 bits per heavy atom. The molecule has 7 heteroatoms. The van der Waals surface area contributed by atoms with Gasteiger partial charge in [0.05, 0.1) is 19.2 Å². The average Bonchev–Trinajstić information content (AvgIpc) is 3.08. The van der Waals surface area contributed by atoms with E-state index in [2.05, 4.69) is 15.5 Å². The number of ether oxygens (including phenoxy) is 1. The van der Waals surface area contributed by atoms with Gasteiger partial charge in [0, 0.05) is 5.38 Å². The van der Waals surface area contributed by atoms with Crippen molar-refractivity contribution in [2.75, 3.05) is 7.11 Å². The van der Waals surface area contributed by atoms with Crippen LogP contribution in [0, 0.1) is 5.92 Å². The average molecular weight is 295 g/mol. The second-order valence-corrected chi connectivity index (χ2v) is 5.43. The smallest absolute Gasteiger partial charge is 0.323 e. The molecule has 0 radical (unpaired) electrons. The van der Waals surface area contributed by atoms with E-state index in [1.165, 1.54) is 7.11 Å². The summed E-state index contributed by atoms with van der Waals surface area (Å²) in [7, 11) is 1.38. The van der Waals surface area contributed by atoms with Crippen molar-refractivity contribution in [1.29, 1.82) is 0 Å². The molecule has 0 aliphatic rings. The second-order valence-electron chi connectivity index (χ2n) is 4.65. The van der Waals surface area contributed by atoms with Gasteiger partial charge in [0.1, 0.15) is 6.04 Å². The highest BCUT2D eigenvalue weighted by Crippen LogP contribution is 2.19. The first-order valence-corrected chi connectivity index (χ1v) is 7.22. The molecular weight excluding hydrogens is 278 g/mol. The molecule has 0 saturated carbocycles. The summed E-state index contributed by atoms with van der Waals surface area (Å²) < 4.78 is 9.94. The van der Waals surface area contributed by atoms with Crippen molar-refractivity contribution in [3.05, 3.63) is 22.7 Å². The molecule has 1 unspecified atom stereocenters. The molecule has 6 nitrogen and oxygen atoms in total. The van der Waals surface area contributed by atoms with Gasteiger partial charge in [-0.05, 0) is 17.4 Å². The molecule has 0 spiro atoms. The van der Waals surface area contributed by atoms with E-state index in [1.807, 2.05) is 30.7 Å². The minimum atomic E-state index is -0.386. The molecule has 2 heterocycles. The number of thiophene rings is 1. The van der Waals surface area contributed by atoms with E-state index in [1.54, 1.807) is 11.3 Å². The standard InChI is InChI=1S/C13H17N3O3S/c1-8(2)11(13(17)18-3)14-6-10-15-12(19-16-10)9-4-5-20-7-9/h4-5,7-8,11,14H,6H2,1-3H3. The molecular formula is C13H17N3O3S. The number of aromatic nitrogens is 2. The molecule has 0 amide bonds. The highest BCUT2D eigenvalue weighted by atomic mass is 32.1. The minimum absolute atomic E-state index is 0.116. The first-order valence-electron chi connectivity index (χ1n) is 6.28. The zero-order chi connectivity index (χ0) is 14.5. The van der Waals surface area contributed by atoms with Gasteiger partial charge in [0.25, 0.3) is 5.89 Å². The summed E-state index contributed by atoms with van der Waals surface area (Å²) in [5.74, 6) is 0.829. The van der Waals surface area contributed by atoms with E-state index >= 15 is 0 Å². The highest BCUT2D eigenvalue weighted by Gasteiger charge is 2.23. The lowest BCUT2D eigenvalue weighted by Gasteiger charge is -2.18. The molecule has 2 aromatic rings. The largest absolute Gasteiger partial charge is 0.468 e. The van der Waals surface area contributed by atoms with E-state index in [0.717, 1.165) is 5.56 Å². The molecule has 0 bridgehead atoms. The van der Waals surface area contributed by atoms with Gasteiger partial charge in [0.2, 0.25) is 0 Å². The lowest BCUT2D eigenvalue weighted by Crippen LogP contribution is -2.41. The van der Waals surface area contributed by atoms with Crippen LogP contribution in [-0.4, -0.2) is 29.3 Å². The number of hydrogen-bond donors (Lipinski definition) is 1. The van der Waals surface area contributed by atoms with Crippen molar-refractivity contribution in [3.63, 3.8) is 0 Å². The Morgan fingerprint density at radius 2 is 2.35 bits per heavy atom. The molecule has 20 heavy (non-hydrogen) atoms. The quantitative estimate of drug-likeness (QED) is 0.822.